The number of carbonyl (C=O) groups is 2. The van der Waals surface area contributed by atoms with E-state index in [2.05, 4.69) is 19.2 Å². The molecule has 4 N–H and O–H groups in total. The molecule has 2 unspecified atom stereocenters. The van der Waals surface area contributed by atoms with Crippen molar-refractivity contribution >= 4 is 11.9 Å². The molecular formula is C16H24N2O3. The molecule has 0 aromatic heterocycles. The number of hydrogen-bond donors (Lipinski definition) is 3. The minimum absolute atomic E-state index is 0.105. The topological polar surface area (TPSA) is 92.4 Å². The SMILES string of the molecule is CC(C)c1ccc(C(C)NC(=O)C(N)CCC(=O)O)cc1. The first-order chi connectivity index (χ1) is 9.81. The van der Waals surface area contributed by atoms with E-state index in [0.29, 0.717) is 5.92 Å². The van der Waals surface area contributed by atoms with E-state index in [-0.39, 0.29) is 24.8 Å². The van der Waals surface area contributed by atoms with Crippen molar-refractivity contribution in [3.05, 3.63) is 35.4 Å². The van der Waals surface area contributed by atoms with Gasteiger partial charge < -0.3 is 16.2 Å². The molecule has 0 saturated heterocycles. The summed E-state index contributed by atoms with van der Waals surface area (Å²) in [5, 5.41) is 11.4. The lowest BCUT2D eigenvalue weighted by Crippen LogP contribution is -2.41. The van der Waals surface area contributed by atoms with Crippen LogP contribution in [0, 0.1) is 0 Å². The second-order valence-electron chi connectivity index (χ2n) is 5.59. The van der Waals surface area contributed by atoms with Crippen LogP contribution in [-0.4, -0.2) is 23.0 Å². The summed E-state index contributed by atoms with van der Waals surface area (Å²) in [5.74, 6) is -0.805. The number of nitrogens with two attached hydrogens (primary N) is 1. The fourth-order valence-corrected chi connectivity index (χ4v) is 1.98. The molecule has 0 bridgehead atoms. The van der Waals surface area contributed by atoms with Crippen LogP contribution in [0.25, 0.3) is 0 Å². The molecule has 0 saturated carbocycles. The van der Waals surface area contributed by atoms with Crippen molar-refractivity contribution < 1.29 is 14.7 Å². The van der Waals surface area contributed by atoms with E-state index in [9.17, 15) is 9.59 Å². The predicted octanol–water partition coefficient (Wildman–Crippen LogP) is 2.18. The van der Waals surface area contributed by atoms with Crippen molar-refractivity contribution in [1.82, 2.24) is 5.32 Å². The lowest BCUT2D eigenvalue weighted by molar-refractivity contribution is -0.137. The van der Waals surface area contributed by atoms with Gasteiger partial charge in [-0.1, -0.05) is 38.1 Å². The lowest BCUT2D eigenvalue weighted by atomic mass is 9.99. The number of carboxylic acids is 1. The average Bonchev–Trinajstić information content (AvgIpc) is 2.44. The van der Waals surface area contributed by atoms with Crippen molar-refractivity contribution in [2.75, 3.05) is 0 Å². The first kappa shape index (κ1) is 17.2. The Bertz CT molecular complexity index is 483. The molecule has 116 valence electrons. The van der Waals surface area contributed by atoms with E-state index >= 15 is 0 Å². The van der Waals surface area contributed by atoms with E-state index in [1.54, 1.807) is 0 Å². The summed E-state index contributed by atoms with van der Waals surface area (Å²) < 4.78 is 0. The molecule has 0 radical (unpaired) electrons. The van der Waals surface area contributed by atoms with Gasteiger partial charge in [-0.25, -0.2) is 0 Å². The maximum Gasteiger partial charge on any atom is 0.303 e. The number of nitrogens with one attached hydrogen (secondary N) is 1. The molecule has 0 aliphatic heterocycles. The van der Waals surface area contributed by atoms with Crippen molar-refractivity contribution in [3.63, 3.8) is 0 Å². The Morgan fingerprint density at radius 1 is 1.14 bits per heavy atom. The van der Waals surface area contributed by atoms with Crippen molar-refractivity contribution in [1.29, 1.82) is 0 Å². The fourth-order valence-electron chi connectivity index (χ4n) is 1.98. The second kappa shape index (κ2) is 7.78. The maximum absolute atomic E-state index is 11.9. The number of aliphatic carboxylic acids is 1. The normalized spacial score (nSPS) is 13.8. The van der Waals surface area contributed by atoms with Crippen LogP contribution < -0.4 is 11.1 Å². The van der Waals surface area contributed by atoms with E-state index in [4.69, 9.17) is 10.8 Å². The van der Waals surface area contributed by atoms with E-state index < -0.39 is 12.0 Å². The van der Waals surface area contributed by atoms with Gasteiger partial charge in [-0.2, -0.15) is 0 Å². The van der Waals surface area contributed by atoms with Gasteiger partial charge in [-0.05, 0) is 30.4 Å². The summed E-state index contributed by atoms with van der Waals surface area (Å²) in [6.07, 6.45) is 0.0340. The highest BCUT2D eigenvalue weighted by molar-refractivity contribution is 5.82. The van der Waals surface area contributed by atoms with Crippen LogP contribution in [-0.2, 0) is 9.59 Å². The molecule has 1 amide bonds. The highest BCUT2D eigenvalue weighted by Gasteiger charge is 2.17. The number of hydrogen-bond acceptors (Lipinski definition) is 3. The standard InChI is InChI=1S/C16H24N2O3/c1-10(2)12-4-6-13(7-5-12)11(3)18-16(21)14(17)8-9-15(19)20/h4-7,10-11,14H,8-9,17H2,1-3H3,(H,18,21)(H,19,20). The Kier molecular flexibility index (Phi) is 6.37. The molecule has 21 heavy (non-hydrogen) atoms. The Morgan fingerprint density at radius 3 is 2.14 bits per heavy atom. The number of rotatable bonds is 7. The van der Waals surface area contributed by atoms with Crippen LogP contribution in [0.15, 0.2) is 24.3 Å². The number of amides is 1. The second-order valence-corrected chi connectivity index (χ2v) is 5.59. The van der Waals surface area contributed by atoms with Crippen molar-refractivity contribution in [2.45, 2.75) is 51.6 Å². The molecular weight excluding hydrogens is 268 g/mol. The summed E-state index contributed by atoms with van der Waals surface area (Å²) in [4.78, 5) is 22.4. The third-order valence-electron chi connectivity index (χ3n) is 3.47. The van der Waals surface area contributed by atoms with Gasteiger partial charge in [0.15, 0.2) is 0 Å². The molecule has 0 aliphatic carbocycles. The van der Waals surface area contributed by atoms with E-state index in [1.165, 1.54) is 5.56 Å². The highest BCUT2D eigenvalue weighted by Crippen LogP contribution is 2.18. The Morgan fingerprint density at radius 2 is 1.67 bits per heavy atom. The minimum Gasteiger partial charge on any atom is -0.481 e. The Balaban J connectivity index is 2.57. The van der Waals surface area contributed by atoms with Gasteiger partial charge in [0.1, 0.15) is 0 Å². The maximum atomic E-state index is 11.9. The van der Waals surface area contributed by atoms with Gasteiger partial charge in [0.25, 0.3) is 0 Å². The van der Waals surface area contributed by atoms with Crippen molar-refractivity contribution in [3.8, 4) is 0 Å². The zero-order chi connectivity index (χ0) is 16.0. The minimum atomic E-state index is -0.949. The Hall–Kier alpha value is -1.88. The zero-order valence-electron chi connectivity index (χ0n) is 12.8. The molecule has 0 fully saturated rings. The van der Waals surface area contributed by atoms with Crippen LogP contribution in [0.5, 0.6) is 0 Å². The molecule has 5 nitrogen and oxygen atoms in total. The first-order valence-corrected chi connectivity index (χ1v) is 7.19. The number of carbonyl (C=O) groups excluding carboxylic acids is 1. The molecule has 1 rings (SSSR count). The van der Waals surface area contributed by atoms with Gasteiger partial charge in [0.05, 0.1) is 12.1 Å². The van der Waals surface area contributed by atoms with Gasteiger partial charge in [0, 0.05) is 6.42 Å². The summed E-state index contributed by atoms with van der Waals surface area (Å²) in [6, 6.07) is 7.12. The highest BCUT2D eigenvalue weighted by atomic mass is 16.4. The monoisotopic (exact) mass is 292 g/mol. The number of carboxylic acid groups (broad SMARTS) is 1. The molecule has 0 heterocycles. The van der Waals surface area contributed by atoms with Crippen LogP contribution in [0.1, 0.15) is 56.7 Å². The summed E-state index contributed by atoms with van der Waals surface area (Å²) in [7, 11) is 0. The van der Waals surface area contributed by atoms with E-state index in [1.807, 2.05) is 31.2 Å². The van der Waals surface area contributed by atoms with Crippen LogP contribution in [0.3, 0.4) is 0 Å². The third kappa shape index (κ3) is 5.55. The predicted molar refractivity (Wildman–Crippen MR) is 81.9 cm³/mol. The Labute approximate surface area is 125 Å². The van der Waals surface area contributed by atoms with Gasteiger partial charge in [0.2, 0.25) is 5.91 Å². The van der Waals surface area contributed by atoms with Crippen molar-refractivity contribution in [2.24, 2.45) is 5.73 Å². The summed E-state index contributed by atoms with van der Waals surface area (Å²) in [5.41, 5.74) is 7.92. The van der Waals surface area contributed by atoms with Gasteiger partial charge in [-0.15, -0.1) is 0 Å². The zero-order valence-corrected chi connectivity index (χ0v) is 12.8. The van der Waals surface area contributed by atoms with Gasteiger partial charge in [-0.3, -0.25) is 9.59 Å². The molecule has 1 aromatic carbocycles. The smallest absolute Gasteiger partial charge is 0.303 e. The third-order valence-corrected chi connectivity index (χ3v) is 3.47. The molecule has 2 atom stereocenters. The molecule has 1 aromatic rings. The number of benzene rings is 1. The quantitative estimate of drug-likeness (QED) is 0.718. The first-order valence-electron chi connectivity index (χ1n) is 7.19. The van der Waals surface area contributed by atoms with Crippen LogP contribution >= 0.6 is 0 Å². The molecule has 5 heteroatoms. The molecule has 0 aliphatic rings. The molecule has 0 spiro atoms. The van der Waals surface area contributed by atoms with E-state index in [0.717, 1.165) is 5.56 Å². The van der Waals surface area contributed by atoms with Crippen LogP contribution in [0.2, 0.25) is 0 Å². The summed E-state index contributed by atoms with van der Waals surface area (Å²) in [6.45, 7) is 6.13. The fraction of sp³-hybridized carbons (Fsp3) is 0.500. The van der Waals surface area contributed by atoms with Crippen LogP contribution in [0.4, 0.5) is 0 Å². The summed E-state index contributed by atoms with van der Waals surface area (Å²) >= 11 is 0. The van der Waals surface area contributed by atoms with Gasteiger partial charge >= 0.3 is 5.97 Å². The largest absolute Gasteiger partial charge is 0.481 e. The average molecular weight is 292 g/mol. The lowest BCUT2D eigenvalue weighted by Gasteiger charge is -2.18.